The lowest BCUT2D eigenvalue weighted by atomic mass is 10.3. The third-order valence-electron chi connectivity index (χ3n) is 5.27. The van der Waals surface area contributed by atoms with Crippen LogP contribution in [0.25, 0.3) is 5.65 Å². The Morgan fingerprint density at radius 2 is 1.71 bits per heavy atom. The Kier molecular flexibility index (Phi) is 4.06. The molecule has 2 fully saturated rings. The molecule has 3 aromatic rings. The number of piperazine rings is 1. The van der Waals surface area contributed by atoms with Crippen molar-refractivity contribution in [3.8, 4) is 0 Å². The van der Waals surface area contributed by atoms with E-state index in [-0.39, 0.29) is 4.90 Å². The van der Waals surface area contributed by atoms with Gasteiger partial charge in [-0.25, -0.2) is 17.8 Å². The topological polar surface area (TPSA) is 83.7 Å². The molecule has 1 saturated carbocycles. The zero-order valence-corrected chi connectivity index (χ0v) is 15.9. The van der Waals surface area contributed by atoms with Crippen LogP contribution < -0.4 is 4.90 Å². The average molecular weight is 402 g/mol. The highest BCUT2D eigenvalue weighted by Crippen LogP contribution is 2.39. The van der Waals surface area contributed by atoms with Gasteiger partial charge in [0.25, 0.3) is 0 Å². The molecule has 3 heterocycles. The molecule has 1 aromatic carbocycles. The van der Waals surface area contributed by atoms with Crippen LogP contribution in [-0.2, 0) is 10.0 Å². The summed E-state index contributed by atoms with van der Waals surface area (Å²) < 4.78 is 42.1. The van der Waals surface area contributed by atoms with Crippen LogP contribution in [-0.4, -0.2) is 58.5 Å². The minimum atomic E-state index is -3.64. The first-order chi connectivity index (χ1) is 13.5. The van der Waals surface area contributed by atoms with Crippen molar-refractivity contribution in [1.82, 2.24) is 23.9 Å². The predicted molar refractivity (Wildman–Crippen MR) is 100 cm³/mol. The predicted octanol–water partition coefficient (Wildman–Crippen LogP) is 1.65. The summed E-state index contributed by atoms with van der Waals surface area (Å²) in [5.41, 5.74) is 0.708. The SMILES string of the molecule is O=S(=O)(c1ccc(F)cc1)N1CCN(c2nccn3c(C4CC4)nnc23)CC1. The molecule has 146 valence electrons. The van der Waals surface area contributed by atoms with Crippen molar-refractivity contribution in [2.24, 2.45) is 0 Å². The molecule has 2 aromatic heterocycles. The lowest BCUT2D eigenvalue weighted by Gasteiger charge is -2.34. The largest absolute Gasteiger partial charge is 0.351 e. The smallest absolute Gasteiger partial charge is 0.243 e. The maximum atomic E-state index is 13.1. The van der Waals surface area contributed by atoms with E-state index < -0.39 is 15.8 Å². The number of nitrogens with zero attached hydrogens (tertiary/aromatic N) is 6. The van der Waals surface area contributed by atoms with Crippen LogP contribution in [0, 0.1) is 5.82 Å². The van der Waals surface area contributed by atoms with Gasteiger partial charge in [0.1, 0.15) is 11.6 Å². The first-order valence-electron chi connectivity index (χ1n) is 9.24. The average Bonchev–Trinajstić information content (AvgIpc) is 3.46. The first-order valence-corrected chi connectivity index (χ1v) is 10.7. The summed E-state index contributed by atoms with van der Waals surface area (Å²) in [6.45, 7) is 1.65. The highest BCUT2D eigenvalue weighted by molar-refractivity contribution is 7.89. The van der Waals surface area contributed by atoms with Crippen molar-refractivity contribution in [2.45, 2.75) is 23.7 Å². The second kappa shape index (κ2) is 6.49. The third kappa shape index (κ3) is 2.92. The summed E-state index contributed by atoms with van der Waals surface area (Å²) in [5.74, 6) is 1.71. The van der Waals surface area contributed by atoms with Gasteiger partial charge < -0.3 is 4.90 Å². The molecule has 1 aliphatic heterocycles. The fraction of sp³-hybridized carbons (Fsp3) is 0.389. The summed E-state index contributed by atoms with van der Waals surface area (Å²) in [6, 6.07) is 4.93. The zero-order valence-electron chi connectivity index (χ0n) is 15.1. The fourth-order valence-corrected chi connectivity index (χ4v) is 4.99. The van der Waals surface area contributed by atoms with Gasteiger partial charge in [0.2, 0.25) is 15.7 Å². The minimum Gasteiger partial charge on any atom is -0.351 e. The van der Waals surface area contributed by atoms with E-state index >= 15 is 0 Å². The monoisotopic (exact) mass is 402 g/mol. The molecule has 1 saturated heterocycles. The summed E-state index contributed by atoms with van der Waals surface area (Å²) in [5, 5.41) is 8.64. The molecule has 0 atom stereocenters. The molecule has 0 spiro atoms. The Morgan fingerprint density at radius 3 is 2.39 bits per heavy atom. The number of halogens is 1. The Hall–Kier alpha value is -2.59. The van der Waals surface area contributed by atoms with E-state index in [9.17, 15) is 12.8 Å². The van der Waals surface area contributed by atoms with Crippen molar-refractivity contribution in [1.29, 1.82) is 0 Å². The summed E-state index contributed by atoms with van der Waals surface area (Å²) in [7, 11) is -3.64. The van der Waals surface area contributed by atoms with Crippen molar-refractivity contribution in [3.63, 3.8) is 0 Å². The van der Waals surface area contributed by atoms with Crippen LogP contribution in [0.3, 0.4) is 0 Å². The number of aromatic nitrogens is 4. The quantitative estimate of drug-likeness (QED) is 0.660. The molecule has 0 radical (unpaired) electrons. The lowest BCUT2D eigenvalue weighted by molar-refractivity contribution is 0.384. The highest BCUT2D eigenvalue weighted by Gasteiger charge is 2.32. The van der Waals surface area contributed by atoms with Crippen LogP contribution in [0.4, 0.5) is 10.2 Å². The van der Waals surface area contributed by atoms with Gasteiger partial charge in [0.15, 0.2) is 5.82 Å². The van der Waals surface area contributed by atoms with E-state index in [1.54, 1.807) is 6.20 Å². The van der Waals surface area contributed by atoms with Crippen molar-refractivity contribution in [2.75, 3.05) is 31.1 Å². The summed E-state index contributed by atoms with van der Waals surface area (Å²) in [6.07, 6.45) is 5.89. The Bertz CT molecular complexity index is 1120. The summed E-state index contributed by atoms with van der Waals surface area (Å²) >= 11 is 0. The van der Waals surface area contributed by atoms with Gasteiger partial charge in [-0.2, -0.15) is 4.31 Å². The molecule has 0 amide bonds. The molecular formula is C18H19FN6O2S. The number of benzene rings is 1. The van der Waals surface area contributed by atoms with Crippen molar-refractivity contribution < 1.29 is 12.8 Å². The number of hydrogen-bond donors (Lipinski definition) is 0. The van der Waals surface area contributed by atoms with Crippen LogP contribution in [0.15, 0.2) is 41.6 Å². The lowest BCUT2D eigenvalue weighted by Crippen LogP contribution is -2.49. The minimum absolute atomic E-state index is 0.106. The van der Waals surface area contributed by atoms with Crippen LogP contribution in [0.5, 0.6) is 0 Å². The van der Waals surface area contributed by atoms with E-state index in [2.05, 4.69) is 15.2 Å². The van der Waals surface area contributed by atoms with Gasteiger partial charge in [-0.1, -0.05) is 0 Å². The van der Waals surface area contributed by atoms with E-state index in [0.717, 1.165) is 36.6 Å². The molecule has 5 rings (SSSR count). The van der Waals surface area contributed by atoms with Gasteiger partial charge in [0, 0.05) is 44.5 Å². The van der Waals surface area contributed by atoms with E-state index in [1.165, 1.54) is 16.4 Å². The van der Waals surface area contributed by atoms with Gasteiger partial charge >= 0.3 is 0 Å². The number of rotatable bonds is 4. The van der Waals surface area contributed by atoms with Crippen molar-refractivity contribution >= 4 is 21.5 Å². The first kappa shape index (κ1) is 17.5. The number of fused-ring (bicyclic) bond motifs is 1. The fourth-order valence-electron chi connectivity index (χ4n) is 3.57. The zero-order chi connectivity index (χ0) is 19.3. The van der Waals surface area contributed by atoms with Gasteiger partial charge in [-0.05, 0) is 37.1 Å². The molecule has 28 heavy (non-hydrogen) atoms. The maximum Gasteiger partial charge on any atom is 0.243 e. The highest BCUT2D eigenvalue weighted by atomic mass is 32.2. The maximum absolute atomic E-state index is 13.1. The Labute approximate surface area is 161 Å². The molecule has 0 bridgehead atoms. The molecule has 8 nitrogen and oxygen atoms in total. The number of hydrogen-bond acceptors (Lipinski definition) is 6. The second-order valence-corrected chi connectivity index (χ2v) is 9.06. The molecule has 1 aliphatic carbocycles. The third-order valence-corrected chi connectivity index (χ3v) is 7.18. The molecule has 2 aliphatic rings. The standard InChI is InChI=1S/C18H19FN6O2S/c19-14-3-5-15(6-4-14)28(26,27)24-11-9-23(10-12-24)17-18-22-21-16(13-1-2-13)25(18)8-7-20-17/h3-8,13H,1-2,9-12H2. The summed E-state index contributed by atoms with van der Waals surface area (Å²) in [4.78, 5) is 6.62. The second-order valence-electron chi connectivity index (χ2n) is 7.12. The van der Waals surface area contributed by atoms with E-state index in [4.69, 9.17) is 0 Å². The van der Waals surface area contributed by atoms with Gasteiger partial charge in [-0.3, -0.25) is 4.40 Å². The number of sulfonamides is 1. The molecule has 0 N–H and O–H groups in total. The molecular weight excluding hydrogens is 383 g/mol. The van der Waals surface area contributed by atoms with E-state index in [0.29, 0.717) is 37.7 Å². The Balaban J connectivity index is 1.36. The number of anilines is 1. The van der Waals surface area contributed by atoms with Crippen LogP contribution >= 0.6 is 0 Å². The van der Waals surface area contributed by atoms with E-state index in [1.807, 2.05) is 15.5 Å². The Morgan fingerprint density at radius 1 is 1.00 bits per heavy atom. The normalized spacial score (nSPS) is 18.7. The van der Waals surface area contributed by atoms with Crippen LogP contribution in [0.2, 0.25) is 0 Å². The molecule has 0 unspecified atom stereocenters. The van der Waals surface area contributed by atoms with Gasteiger partial charge in [-0.15, -0.1) is 10.2 Å². The molecule has 10 heteroatoms. The van der Waals surface area contributed by atoms with Gasteiger partial charge in [0.05, 0.1) is 4.90 Å². The van der Waals surface area contributed by atoms with Crippen LogP contribution in [0.1, 0.15) is 24.6 Å². The van der Waals surface area contributed by atoms with Crippen molar-refractivity contribution in [3.05, 3.63) is 48.3 Å².